The second kappa shape index (κ2) is 9.08. The minimum atomic E-state index is -0.298. The van der Waals surface area contributed by atoms with Crippen LogP contribution >= 0.6 is 0 Å². The third-order valence-electron chi connectivity index (χ3n) is 4.72. The fraction of sp³-hybridized carbons (Fsp3) is 0.273. The molecule has 0 fully saturated rings. The van der Waals surface area contributed by atoms with Crippen molar-refractivity contribution in [3.63, 3.8) is 0 Å². The molecule has 1 atom stereocenters. The van der Waals surface area contributed by atoms with Gasteiger partial charge in [-0.05, 0) is 30.2 Å². The number of aryl methyl sites for hydroxylation is 1. The summed E-state index contributed by atoms with van der Waals surface area (Å²) < 4.78 is 1.80. The first kappa shape index (κ1) is 19.5. The molecule has 144 valence electrons. The molecule has 0 saturated heterocycles. The second-order valence-corrected chi connectivity index (χ2v) is 6.67. The molecule has 6 heteroatoms. The molecule has 1 amide bonds. The SMILES string of the molecule is CNC(=O)c1cc(C(=O)CCCn2cccn2)cc([C@@H](C)c2ccccc2)n1. The zero-order valence-electron chi connectivity index (χ0n) is 16.1. The van der Waals surface area contributed by atoms with Crippen LogP contribution in [0.3, 0.4) is 0 Å². The average Bonchev–Trinajstić information content (AvgIpc) is 3.26. The molecule has 1 aromatic carbocycles. The molecule has 0 aliphatic rings. The summed E-state index contributed by atoms with van der Waals surface area (Å²) in [5.41, 5.74) is 2.58. The summed E-state index contributed by atoms with van der Waals surface area (Å²) in [6.45, 7) is 2.71. The van der Waals surface area contributed by atoms with Crippen molar-refractivity contribution in [2.75, 3.05) is 7.05 Å². The minimum absolute atomic E-state index is 0.00113. The van der Waals surface area contributed by atoms with Crippen LogP contribution in [0.1, 0.15) is 57.8 Å². The number of carbonyl (C=O) groups excluding carboxylic acids is 2. The van der Waals surface area contributed by atoms with E-state index < -0.39 is 0 Å². The summed E-state index contributed by atoms with van der Waals surface area (Å²) in [5, 5.41) is 6.74. The van der Waals surface area contributed by atoms with E-state index in [0.29, 0.717) is 30.6 Å². The molecule has 3 aromatic rings. The Balaban J connectivity index is 1.82. The van der Waals surface area contributed by atoms with E-state index >= 15 is 0 Å². The summed E-state index contributed by atoms with van der Waals surface area (Å²) in [4.78, 5) is 29.4. The number of nitrogens with one attached hydrogen (secondary N) is 1. The first-order chi connectivity index (χ1) is 13.6. The van der Waals surface area contributed by atoms with Crippen molar-refractivity contribution in [1.29, 1.82) is 0 Å². The highest BCUT2D eigenvalue weighted by molar-refractivity contribution is 5.99. The summed E-state index contributed by atoms with van der Waals surface area (Å²) in [6.07, 6.45) is 4.66. The van der Waals surface area contributed by atoms with Gasteiger partial charge in [0, 0.05) is 49.6 Å². The van der Waals surface area contributed by atoms with E-state index in [9.17, 15) is 9.59 Å². The lowest BCUT2D eigenvalue weighted by molar-refractivity contribution is 0.0958. The van der Waals surface area contributed by atoms with Gasteiger partial charge in [-0.25, -0.2) is 4.98 Å². The van der Waals surface area contributed by atoms with Gasteiger partial charge in [-0.2, -0.15) is 5.10 Å². The minimum Gasteiger partial charge on any atom is -0.354 e. The van der Waals surface area contributed by atoms with Gasteiger partial charge < -0.3 is 5.32 Å². The highest BCUT2D eigenvalue weighted by atomic mass is 16.1. The van der Waals surface area contributed by atoms with Crippen LogP contribution in [0.2, 0.25) is 0 Å². The summed E-state index contributed by atoms with van der Waals surface area (Å²) >= 11 is 0. The number of ketones is 1. The Bertz CT molecular complexity index is 936. The molecule has 0 spiro atoms. The zero-order valence-corrected chi connectivity index (χ0v) is 16.1. The maximum atomic E-state index is 12.8. The maximum absolute atomic E-state index is 12.8. The monoisotopic (exact) mass is 376 g/mol. The van der Waals surface area contributed by atoms with Crippen molar-refractivity contribution in [3.05, 3.63) is 83.4 Å². The van der Waals surface area contributed by atoms with Crippen molar-refractivity contribution >= 4 is 11.7 Å². The molecule has 0 bridgehead atoms. The van der Waals surface area contributed by atoms with E-state index in [-0.39, 0.29) is 23.3 Å². The van der Waals surface area contributed by atoms with E-state index in [1.165, 1.54) is 0 Å². The molecule has 1 N–H and O–H groups in total. The van der Waals surface area contributed by atoms with Gasteiger partial charge in [-0.3, -0.25) is 14.3 Å². The average molecular weight is 376 g/mol. The first-order valence-corrected chi connectivity index (χ1v) is 9.38. The largest absolute Gasteiger partial charge is 0.354 e. The molecule has 0 unspecified atom stereocenters. The van der Waals surface area contributed by atoms with Crippen molar-refractivity contribution < 1.29 is 9.59 Å². The third-order valence-corrected chi connectivity index (χ3v) is 4.72. The molecule has 0 aliphatic carbocycles. The highest BCUT2D eigenvalue weighted by Crippen LogP contribution is 2.24. The number of rotatable bonds is 8. The number of hydrogen-bond donors (Lipinski definition) is 1. The summed E-state index contributed by atoms with van der Waals surface area (Å²) in [5.74, 6) is -0.324. The number of nitrogens with zero attached hydrogens (tertiary/aromatic N) is 3. The Morgan fingerprint density at radius 3 is 2.61 bits per heavy atom. The van der Waals surface area contributed by atoms with Gasteiger partial charge in [0.1, 0.15) is 5.69 Å². The van der Waals surface area contributed by atoms with Crippen LogP contribution in [-0.2, 0) is 6.54 Å². The van der Waals surface area contributed by atoms with Crippen LogP contribution < -0.4 is 5.32 Å². The summed E-state index contributed by atoms with van der Waals surface area (Å²) in [6, 6.07) is 15.2. The van der Waals surface area contributed by atoms with Gasteiger partial charge in [0.25, 0.3) is 5.91 Å². The van der Waals surface area contributed by atoms with E-state index in [0.717, 1.165) is 5.56 Å². The predicted octanol–water partition coefficient (Wildman–Crippen LogP) is 3.45. The fourth-order valence-electron chi connectivity index (χ4n) is 3.07. The molecular formula is C22H24N4O2. The molecular weight excluding hydrogens is 352 g/mol. The Kier molecular flexibility index (Phi) is 6.32. The number of amides is 1. The summed E-state index contributed by atoms with van der Waals surface area (Å²) in [7, 11) is 1.56. The first-order valence-electron chi connectivity index (χ1n) is 9.38. The number of hydrogen-bond acceptors (Lipinski definition) is 4. The zero-order chi connectivity index (χ0) is 19.9. The standard InChI is InChI=1S/C22H24N4O2/c1-16(17-8-4-3-5-9-17)19-14-18(15-20(25-19)22(28)23-2)21(27)10-6-12-26-13-7-11-24-26/h3-5,7-9,11,13-16H,6,10,12H2,1-2H3,(H,23,28)/t16-/m0/s1. The molecule has 0 aliphatic heterocycles. The Hall–Kier alpha value is -3.28. The van der Waals surface area contributed by atoms with Crippen LogP contribution in [0.25, 0.3) is 0 Å². The number of benzene rings is 1. The Morgan fingerprint density at radius 1 is 1.14 bits per heavy atom. The van der Waals surface area contributed by atoms with Crippen LogP contribution in [0.4, 0.5) is 0 Å². The fourth-order valence-corrected chi connectivity index (χ4v) is 3.07. The Labute approximate surface area is 164 Å². The van der Waals surface area contributed by atoms with Gasteiger partial charge >= 0.3 is 0 Å². The maximum Gasteiger partial charge on any atom is 0.269 e. The molecule has 0 saturated carbocycles. The molecule has 0 radical (unpaired) electrons. The topological polar surface area (TPSA) is 76.9 Å². The van der Waals surface area contributed by atoms with E-state index in [1.54, 1.807) is 30.1 Å². The van der Waals surface area contributed by atoms with Crippen LogP contribution in [-0.4, -0.2) is 33.5 Å². The van der Waals surface area contributed by atoms with E-state index in [2.05, 4.69) is 15.4 Å². The van der Waals surface area contributed by atoms with Crippen LogP contribution in [0, 0.1) is 0 Å². The normalized spacial score (nSPS) is 11.8. The third kappa shape index (κ3) is 4.71. The smallest absolute Gasteiger partial charge is 0.269 e. The number of carbonyl (C=O) groups is 2. The van der Waals surface area contributed by atoms with Crippen molar-refractivity contribution in [2.45, 2.75) is 32.2 Å². The molecule has 3 rings (SSSR count). The number of pyridine rings is 1. The predicted molar refractivity (Wildman–Crippen MR) is 107 cm³/mol. The van der Waals surface area contributed by atoms with Gasteiger partial charge in [0.05, 0.1) is 0 Å². The van der Waals surface area contributed by atoms with Crippen molar-refractivity contribution in [1.82, 2.24) is 20.1 Å². The van der Waals surface area contributed by atoms with Crippen molar-refractivity contribution in [2.24, 2.45) is 0 Å². The van der Waals surface area contributed by atoms with Crippen LogP contribution in [0.15, 0.2) is 60.9 Å². The molecule has 2 aromatic heterocycles. The number of Topliss-reactive ketones (excluding diaryl/α,β-unsaturated/α-hetero) is 1. The van der Waals surface area contributed by atoms with Gasteiger partial charge in [-0.1, -0.05) is 37.3 Å². The molecule has 6 nitrogen and oxygen atoms in total. The lowest BCUT2D eigenvalue weighted by Gasteiger charge is -2.14. The van der Waals surface area contributed by atoms with Gasteiger partial charge in [0.15, 0.2) is 5.78 Å². The molecule has 28 heavy (non-hydrogen) atoms. The van der Waals surface area contributed by atoms with Gasteiger partial charge in [0.2, 0.25) is 0 Å². The van der Waals surface area contributed by atoms with Crippen LogP contribution in [0.5, 0.6) is 0 Å². The lowest BCUT2D eigenvalue weighted by Crippen LogP contribution is -2.21. The van der Waals surface area contributed by atoms with E-state index in [4.69, 9.17) is 0 Å². The van der Waals surface area contributed by atoms with E-state index in [1.807, 2.05) is 49.5 Å². The van der Waals surface area contributed by atoms with Crippen molar-refractivity contribution in [3.8, 4) is 0 Å². The lowest BCUT2D eigenvalue weighted by atomic mass is 9.94. The van der Waals surface area contributed by atoms with Gasteiger partial charge in [-0.15, -0.1) is 0 Å². The second-order valence-electron chi connectivity index (χ2n) is 6.67. The molecule has 2 heterocycles. The quantitative estimate of drug-likeness (QED) is 0.611. The number of aromatic nitrogens is 3. The highest BCUT2D eigenvalue weighted by Gasteiger charge is 2.18. The Morgan fingerprint density at radius 2 is 1.93 bits per heavy atom.